The zero-order valence-electron chi connectivity index (χ0n) is 15.3. The fourth-order valence-corrected chi connectivity index (χ4v) is 4.41. The van der Waals surface area contributed by atoms with Crippen LogP contribution < -0.4 is 25.0 Å². The van der Waals surface area contributed by atoms with Crippen molar-refractivity contribution in [2.24, 2.45) is 7.05 Å². The minimum absolute atomic E-state index is 0.101. The Kier molecular flexibility index (Phi) is 4.30. The number of hydrogen-bond donors (Lipinski definition) is 1. The first-order valence-corrected chi connectivity index (χ1v) is 9.34. The number of benzene rings is 1. The van der Waals surface area contributed by atoms with E-state index in [0.29, 0.717) is 17.4 Å². The molecule has 3 heterocycles. The Morgan fingerprint density at radius 2 is 2.03 bits per heavy atom. The lowest BCUT2D eigenvalue weighted by Crippen LogP contribution is -2.44. The maximum Gasteiger partial charge on any atom is 0.416 e. The van der Waals surface area contributed by atoms with E-state index in [1.165, 1.54) is 28.4 Å². The van der Waals surface area contributed by atoms with Gasteiger partial charge in [0.05, 0.1) is 30.1 Å². The molecule has 0 radical (unpaired) electrons. The van der Waals surface area contributed by atoms with Crippen molar-refractivity contribution < 1.29 is 22.8 Å². The largest absolute Gasteiger partial charge is 0.848 e. The Morgan fingerprint density at radius 1 is 1.31 bits per heavy atom. The molecule has 11 heteroatoms. The molecule has 0 amide bonds. The third kappa shape index (κ3) is 3.01. The molecule has 1 aliphatic heterocycles. The summed E-state index contributed by atoms with van der Waals surface area (Å²) in [5, 5.41) is 12.9. The number of fused-ring (bicyclic) bond motifs is 1. The Balaban J connectivity index is 1.99. The Morgan fingerprint density at radius 3 is 2.66 bits per heavy atom. The molecule has 0 fully saturated rings. The van der Waals surface area contributed by atoms with Gasteiger partial charge in [-0.1, -0.05) is 23.5 Å². The van der Waals surface area contributed by atoms with Crippen LogP contribution in [0.2, 0.25) is 0 Å². The molecule has 3 aromatic rings. The summed E-state index contributed by atoms with van der Waals surface area (Å²) in [7, 11) is 3.16. The maximum atomic E-state index is 13.3. The molecule has 1 N–H and O–H groups in total. The van der Waals surface area contributed by atoms with Crippen LogP contribution in [0.4, 0.5) is 19.1 Å². The maximum absolute atomic E-state index is 13.3. The Bertz CT molecular complexity index is 1230. The van der Waals surface area contributed by atoms with Gasteiger partial charge in [0, 0.05) is 12.1 Å². The molecule has 152 valence electrons. The van der Waals surface area contributed by atoms with Gasteiger partial charge in [0.1, 0.15) is 6.54 Å². The first-order valence-electron chi connectivity index (χ1n) is 8.52. The van der Waals surface area contributed by atoms with Gasteiger partial charge in [0.2, 0.25) is 0 Å². The first-order chi connectivity index (χ1) is 13.6. The lowest BCUT2D eigenvalue weighted by molar-refractivity contribution is -0.705. The minimum Gasteiger partial charge on any atom is -0.848 e. The molecule has 0 saturated heterocycles. The zero-order valence-corrected chi connectivity index (χ0v) is 16.1. The van der Waals surface area contributed by atoms with Crippen LogP contribution in [0, 0.1) is 0 Å². The number of nitrogens with zero attached hydrogens (tertiary/aromatic N) is 3. The summed E-state index contributed by atoms with van der Waals surface area (Å²) in [5.41, 5.74) is -2.08. The van der Waals surface area contributed by atoms with Crippen molar-refractivity contribution in [2.45, 2.75) is 12.2 Å². The molecule has 1 unspecified atom stereocenters. The van der Waals surface area contributed by atoms with E-state index < -0.39 is 29.2 Å². The van der Waals surface area contributed by atoms with Crippen LogP contribution >= 0.6 is 11.3 Å². The number of nitrogens with one attached hydrogen (secondary N) is 1. The summed E-state index contributed by atoms with van der Waals surface area (Å²) in [6.07, 6.45) is -3.10. The lowest BCUT2D eigenvalue weighted by atomic mass is 10.0. The van der Waals surface area contributed by atoms with E-state index in [2.05, 4.69) is 4.98 Å². The van der Waals surface area contributed by atoms with Crippen molar-refractivity contribution in [1.82, 2.24) is 9.55 Å². The number of likely N-dealkylation sites (N-methyl/N-ethyl adjacent to an activating group) is 1. The van der Waals surface area contributed by atoms with Gasteiger partial charge < -0.3 is 10.1 Å². The topological polar surface area (TPSA) is 85.0 Å². The van der Waals surface area contributed by atoms with Gasteiger partial charge in [0.25, 0.3) is 0 Å². The summed E-state index contributed by atoms with van der Waals surface area (Å²) in [6.45, 7) is 0.336. The van der Waals surface area contributed by atoms with Gasteiger partial charge in [-0.3, -0.25) is 14.5 Å². The van der Waals surface area contributed by atoms with Gasteiger partial charge in [-0.05, 0) is 17.7 Å². The van der Waals surface area contributed by atoms with Crippen molar-refractivity contribution >= 4 is 17.3 Å². The van der Waals surface area contributed by atoms with E-state index in [4.69, 9.17) is 0 Å². The summed E-state index contributed by atoms with van der Waals surface area (Å²) in [6, 6.07) is 3.61. The highest BCUT2D eigenvalue weighted by molar-refractivity contribution is 7.09. The van der Waals surface area contributed by atoms with Gasteiger partial charge in [0.15, 0.2) is 6.04 Å². The predicted molar refractivity (Wildman–Crippen MR) is 98.1 cm³/mol. The van der Waals surface area contributed by atoms with Gasteiger partial charge in [-0.25, -0.2) is 4.57 Å². The van der Waals surface area contributed by atoms with Crippen LogP contribution in [-0.4, -0.2) is 23.1 Å². The second kappa shape index (κ2) is 6.48. The molecule has 0 bridgehead atoms. The van der Waals surface area contributed by atoms with E-state index in [1.54, 1.807) is 11.9 Å². The molecule has 0 saturated carbocycles. The molecular formula is C18H15F3N4O3S. The number of thiazole rings is 1. The molecule has 4 rings (SSSR count). The average molecular weight is 424 g/mol. The van der Waals surface area contributed by atoms with E-state index in [-0.39, 0.29) is 16.0 Å². The molecule has 0 spiro atoms. The zero-order chi connectivity index (χ0) is 21.1. The van der Waals surface area contributed by atoms with Gasteiger partial charge >= 0.3 is 22.6 Å². The normalized spacial score (nSPS) is 16.3. The van der Waals surface area contributed by atoms with E-state index in [0.717, 1.165) is 29.5 Å². The van der Waals surface area contributed by atoms with Crippen LogP contribution in [0.15, 0.2) is 40.1 Å². The molecule has 1 aliphatic rings. The highest BCUT2D eigenvalue weighted by atomic mass is 32.1. The summed E-state index contributed by atoms with van der Waals surface area (Å²) in [5.74, 6) is -0.364. The Labute approximate surface area is 165 Å². The number of rotatable bonds is 2. The van der Waals surface area contributed by atoms with Gasteiger partial charge in [-0.15, -0.1) is 0 Å². The van der Waals surface area contributed by atoms with Crippen LogP contribution in [0.25, 0.3) is 11.1 Å². The fraction of sp³-hybridized carbons (Fsp3) is 0.278. The molecule has 7 nitrogen and oxygen atoms in total. The summed E-state index contributed by atoms with van der Waals surface area (Å²) in [4.78, 5) is 29.4. The lowest BCUT2D eigenvalue weighted by Gasteiger charge is -2.19. The van der Waals surface area contributed by atoms with Crippen LogP contribution in [0.5, 0.6) is 5.88 Å². The number of H-pyrrole nitrogens is 1. The smallest absolute Gasteiger partial charge is 0.416 e. The molecule has 0 aliphatic carbocycles. The van der Waals surface area contributed by atoms with Crippen molar-refractivity contribution in [3.05, 3.63) is 60.9 Å². The third-order valence-electron chi connectivity index (χ3n) is 4.92. The number of halogens is 3. The third-order valence-corrected chi connectivity index (χ3v) is 5.85. The quantitative estimate of drug-likeness (QED) is 0.627. The van der Waals surface area contributed by atoms with E-state index >= 15 is 0 Å². The van der Waals surface area contributed by atoms with Crippen molar-refractivity contribution in [3.63, 3.8) is 0 Å². The van der Waals surface area contributed by atoms with E-state index in [9.17, 15) is 27.9 Å². The number of hydrogen-bond acceptors (Lipinski definition) is 5. The predicted octanol–water partition coefficient (Wildman–Crippen LogP) is 1.22. The second-order valence-electron chi connectivity index (χ2n) is 6.77. The number of anilines is 1. The van der Waals surface area contributed by atoms with Crippen molar-refractivity contribution in [2.75, 3.05) is 18.5 Å². The Hall–Kier alpha value is -3.08. The molecule has 29 heavy (non-hydrogen) atoms. The second-order valence-corrected chi connectivity index (χ2v) is 7.82. The molecular weight excluding hydrogens is 409 g/mol. The fourth-order valence-electron chi connectivity index (χ4n) is 3.64. The van der Waals surface area contributed by atoms with E-state index in [1.807, 2.05) is 0 Å². The standard InChI is InChI=1S/C18H15F3N4O3S/c1-23-8-11(12-7-22-16(28)29-12)25-15(27)13(14(26)24(2)17(23)25)9-4-3-5-10(6-9)18(19,20)21/h3-7,11H,8H2,1-2H3,(H-,22,26,27,28). The highest BCUT2D eigenvalue weighted by Crippen LogP contribution is 2.35. The summed E-state index contributed by atoms with van der Waals surface area (Å²) < 4.78 is 41.9. The SMILES string of the molecule is CN1CC(c2c[nH]c(=O)s2)n2c1[n+](C)c([O-])c(-c1cccc(C(F)(F)F)c1)c2=O. The molecule has 1 aromatic carbocycles. The number of aromatic amines is 1. The van der Waals surface area contributed by atoms with Crippen molar-refractivity contribution in [3.8, 4) is 17.0 Å². The van der Waals surface area contributed by atoms with Crippen LogP contribution in [-0.2, 0) is 13.2 Å². The van der Waals surface area contributed by atoms with Crippen LogP contribution in [0.1, 0.15) is 16.5 Å². The summed E-state index contributed by atoms with van der Waals surface area (Å²) >= 11 is 0.943. The van der Waals surface area contributed by atoms with Crippen molar-refractivity contribution in [1.29, 1.82) is 0 Å². The highest BCUT2D eigenvalue weighted by Gasteiger charge is 2.40. The average Bonchev–Trinajstić information content (AvgIpc) is 3.23. The number of alkyl halides is 3. The minimum atomic E-state index is -4.60. The monoisotopic (exact) mass is 424 g/mol. The first kappa shape index (κ1) is 19.2. The molecule has 2 aromatic heterocycles. The number of aromatic nitrogens is 3. The van der Waals surface area contributed by atoms with Gasteiger partial charge in [-0.2, -0.15) is 17.7 Å². The van der Waals surface area contributed by atoms with Crippen LogP contribution in [0.3, 0.4) is 0 Å². The molecule has 1 atom stereocenters.